The third kappa shape index (κ3) is 3.95. The van der Waals surface area contributed by atoms with Gasteiger partial charge in [-0.3, -0.25) is 9.00 Å². The van der Waals surface area contributed by atoms with Gasteiger partial charge in [-0.15, -0.1) is 0 Å². The summed E-state index contributed by atoms with van der Waals surface area (Å²) < 4.78 is 11.2. The third-order valence-corrected chi connectivity index (χ3v) is 4.71. The van der Waals surface area contributed by atoms with Gasteiger partial charge >= 0.3 is 0 Å². The fraction of sp³-hybridized carbons (Fsp3) is 0.600. The van der Waals surface area contributed by atoms with Gasteiger partial charge in [0.1, 0.15) is 10.7 Å². The second-order valence-corrected chi connectivity index (χ2v) is 6.64. The summed E-state index contributed by atoms with van der Waals surface area (Å²) in [5, 5.41) is 3.39. The fourth-order valence-corrected chi connectivity index (χ4v) is 2.62. The molecule has 0 aliphatic carbocycles. The highest BCUT2D eigenvalue weighted by Crippen LogP contribution is 2.26. The Morgan fingerprint density at radius 2 is 2.22 bits per heavy atom. The molecule has 1 amide bonds. The van der Waals surface area contributed by atoms with Crippen molar-refractivity contribution in [2.75, 3.05) is 42.8 Å². The van der Waals surface area contributed by atoms with Crippen LogP contribution in [-0.2, 0) is 10.8 Å². The molecule has 0 aliphatic rings. The van der Waals surface area contributed by atoms with Crippen molar-refractivity contribution in [1.29, 1.82) is 0 Å². The maximum Gasteiger partial charge on any atom is 0.265 e. The minimum Gasteiger partial charge on any atom is -0.382 e. The van der Waals surface area contributed by atoms with Crippen LogP contribution in [0.25, 0.3) is 0 Å². The summed E-state index contributed by atoms with van der Waals surface area (Å²) in [6.07, 6.45) is 0. The summed E-state index contributed by atoms with van der Waals surface area (Å²) in [6.45, 7) is 2.23. The number of amides is 1. The Morgan fingerprint density at radius 1 is 1.56 bits per heavy atom. The van der Waals surface area contributed by atoms with Crippen LogP contribution in [0, 0.1) is 0 Å². The third-order valence-electron chi connectivity index (χ3n) is 2.17. The Kier molecular flexibility index (Phi) is 5.54. The Labute approximate surface area is 113 Å². The number of rotatable bonds is 6. The molecule has 18 heavy (non-hydrogen) atoms. The van der Waals surface area contributed by atoms with E-state index in [9.17, 15) is 9.00 Å². The van der Waals surface area contributed by atoms with Gasteiger partial charge in [-0.1, -0.05) is 18.3 Å². The SMILES string of the molecule is CCS(=O)CCNC(=O)c1sc(N(C)C)nc1N. The average molecular weight is 290 g/mol. The van der Waals surface area contributed by atoms with Crippen LogP contribution in [0.4, 0.5) is 10.9 Å². The number of anilines is 2. The lowest BCUT2D eigenvalue weighted by Crippen LogP contribution is -2.27. The monoisotopic (exact) mass is 290 g/mol. The zero-order valence-electron chi connectivity index (χ0n) is 10.7. The van der Waals surface area contributed by atoms with E-state index in [1.807, 2.05) is 21.0 Å². The highest BCUT2D eigenvalue weighted by atomic mass is 32.2. The van der Waals surface area contributed by atoms with Crippen molar-refractivity contribution in [2.45, 2.75) is 6.92 Å². The second kappa shape index (κ2) is 6.69. The van der Waals surface area contributed by atoms with E-state index in [4.69, 9.17) is 5.73 Å². The Hall–Kier alpha value is -1.15. The molecule has 102 valence electrons. The molecule has 0 aliphatic heterocycles. The average Bonchev–Trinajstić information content (AvgIpc) is 2.71. The minimum absolute atomic E-state index is 0.234. The molecule has 0 bridgehead atoms. The molecule has 1 atom stereocenters. The molecule has 3 N–H and O–H groups in total. The van der Waals surface area contributed by atoms with Crippen LogP contribution in [-0.4, -0.2) is 47.2 Å². The Balaban J connectivity index is 2.59. The van der Waals surface area contributed by atoms with Crippen LogP contribution in [0.15, 0.2) is 0 Å². The summed E-state index contributed by atoms with van der Waals surface area (Å²) in [5.41, 5.74) is 5.69. The molecule has 0 saturated heterocycles. The number of nitrogens with one attached hydrogen (secondary N) is 1. The van der Waals surface area contributed by atoms with Gasteiger partial charge in [0.25, 0.3) is 5.91 Å². The van der Waals surface area contributed by atoms with E-state index in [0.29, 0.717) is 28.1 Å². The first-order valence-electron chi connectivity index (χ1n) is 5.52. The van der Waals surface area contributed by atoms with Crippen molar-refractivity contribution in [2.24, 2.45) is 0 Å². The first kappa shape index (κ1) is 14.9. The molecule has 8 heteroatoms. The molecule has 0 radical (unpaired) electrons. The number of nitrogen functional groups attached to an aromatic ring is 1. The van der Waals surface area contributed by atoms with E-state index in [1.165, 1.54) is 11.3 Å². The van der Waals surface area contributed by atoms with Crippen molar-refractivity contribution in [3.63, 3.8) is 0 Å². The number of hydrogen-bond acceptors (Lipinski definition) is 6. The van der Waals surface area contributed by atoms with Crippen molar-refractivity contribution in [3.8, 4) is 0 Å². The molecular formula is C10H18N4O2S2. The Bertz CT molecular complexity index is 445. The molecule has 6 nitrogen and oxygen atoms in total. The van der Waals surface area contributed by atoms with Crippen LogP contribution in [0.2, 0.25) is 0 Å². The summed E-state index contributed by atoms with van der Waals surface area (Å²) in [5.74, 6) is 1.04. The van der Waals surface area contributed by atoms with Gasteiger partial charge in [0.05, 0.1) is 0 Å². The number of nitrogens with zero attached hydrogens (tertiary/aromatic N) is 2. The molecular weight excluding hydrogens is 272 g/mol. The molecule has 0 fully saturated rings. The van der Waals surface area contributed by atoms with Gasteiger partial charge in [-0.2, -0.15) is 0 Å². The molecule has 0 spiro atoms. The van der Waals surface area contributed by atoms with E-state index < -0.39 is 10.8 Å². The summed E-state index contributed by atoms with van der Waals surface area (Å²) in [6, 6.07) is 0. The van der Waals surface area contributed by atoms with Crippen molar-refractivity contribution in [3.05, 3.63) is 4.88 Å². The van der Waals surface area contributed by atoms with Crippen molar-refractivity contribution in [1.82, 2.24) is 10.3 Å². The molecule has 0 saturated carbocycles. The fourth-order valence-electron chi connectivity index (χ4n) is 1.18. The van der Waals surface area contributed by atoms with Crippen LogP contribution < -0.4 is 16.0 Å². The smallest absolute Gasteiger partial charge is 0.265 e. The minimum atomic E-state index is -0.874. The molecule has 1 aromatic heterocycles. The molecule has 1 rings (SSSR count). The first-order valence-corrected chi connectivity index (χ1v) is 7.83. The molecule has 1 aromatic rings. The number of carbonyl (C=O) groups is 1. The van der Waals surface area contributed by atoms with Crippen LogP contribution >= 0.6 is 11.3 Å². The highest BCUT2D eigenvalue weighted by Gasteiger charge is 2.16. The number of carbonyl (C=O) groups excluding carboxylic acids is 1. The highest BCUT2D eigenvalue weighted by molar-refractivity contribution is 7.84. The lowest BCUT2D eigenvalue weighted by molar-refractivity contribution is 0.0961. The number of aromatic nitrogens is 1. The maximum absolute atomic E-state index is 11.8. The molecule has 0 aromatic carbocycles. The van der Waals surface area contributed by atoms with E-state index in [1.54, 1.807) is 4.90 Å². The Morgan fingerprint density at radius 3 is 2.72 bits per heavy atom. The topological polar surface area (TPSA) is 88.3 Å². The van der Waals surface area contributed by atoms with E-state index in [-0.39, 0.29) is 11.7 Å². The largest absolute Gasteiger partial charge is 0.382 e. The van der Waals surface area contributed by atoms with Crippen LogP contribution in [0.5, 0.6) is 0 Å². The molecule has 1 heterocycles. The van der Waals surface area contributed by atoms with Gasteiger partial charge in [-0.05, 0) is 0 Å². The normalized spacial score (nSPS) is 12.2. The lowest BCUT2D eigenvalue weighted by atomic mass is 10.4. The first-order chi connectivity index (χ1) is 8.45. The number of nitrogens with two attached hydrogens (primary N) is 1. The van der Waals surface area contributed by atoms with Gasteiger partial charge in [0, 0.05) is 42.9 Å². The standard InChI is InChI=1S/C10H18N4O2S2/c1-4-18(16)6-5-12-9(15)7-8(11)13-10(17-7)14(2)3/h4-6,11H2,1-3H3,(H,12,15). The van der Waals surface area contributed by atoms with E-state index in [2.05, 4.69) is 10.3 Å². The molecule has 1 unspecified atom stereocenters. The van der Waals surface area contributed by atoms with Gasteiger partial charge in [0.2, 0.25) is 0 Å². The lowest BCUT2D eigenvalue weighted by Gasteiger charge is -2.05. The summed E-state index contributed by atoms with van der Waals surface area (Å²) in [7, 11) is 2.80. The summed E-state index contributed by atoms with van der Waals surface area (Å²) in [4.78, 5) is 18.1. The van der Waals surface area contributed by atoms with Gasteiger partial charge in [-0.25, -0.2) is 4.98 Å². The quantitative estimate of drug-likeness (QED) is 0.786. The van der Waals surface area contributed by atoms with E-state index >= 15 is 0 Å². The maximum atomic E-state index is 11.8. The van der Waals surface area contributed by atoms with E-state index in [0.717, 1.165) is 0 Å². The zero-order chi connectivity index (χ0) is 13.7. The van der Waals surface area contributed by atoms with Crippen LogP contribution in [0.1, 0.15) is 16.6 Å². The van der Waals surface area contributed by atoms with Gasteiger partial charge in [0.15, 0.2) is 5.13 Å². The number of hydrogen-bond donors (Lipinski definition) is 2. The van der Waals surface area contributed by atoms with Crippen molar-refractivity contribution < 1.29 is 9.00 Å². The predicted molar refractivity (Wildman–Crippen MR) is 76.7 cm³/mol. The second-order valence-electron chi connectivity index (χ2n) is 3.79. The zero-order valence-corrected chi connectivity index (χ0v) is 12.4. The van der Waals surface area contributed by atoms with Crippen molar-refractivity contribution >= 4 is 39.0 Å². The number of thiazole rings is 1. The van der Waals surface area contributed by atoms with Crippen LogP contribution in [0.3, 0.4) is 0 Å². The predicted octanol–water partition coefficient (Wildman–Crippen LogP) is 0.290. The van der Waals surface area contributed by atoms with Gasteiger partial charge < -0.3 is 16.0 Å². The summed E-state index contributed by atoms with van der Waals surface area (Å²) >= 11 is 1.24.